The first-order valence-corrected chi connectivity index (χ1v) is 6.04. The maximum absolute atomic E-state index is 12.1. The number of carbonyl (C=O) groups excluding carboxylic acids is 1. The summed E-state index contributed by atoms with van der Waals surface area (Å²) in [5.74, 6) is -0.231. The van der Waals surface area contributed by atoms with Gasteiger partial charge in [0.25, 0.3) is 0 Å². The van der Waals surface area contributed by atoms with Crippen LogP contribution in [-0.4, -0.2) is 19.1 Å². The van der Waals surface area contributed by atoms with Crippen LogP contribution in [0.1, 0.15) is 31.9 Å². The Balaban J connectivity index is 3.06. The number of rotatable bonds is 5. The van der Waals surface area contributed by atoms with Gasteiger partial charge in [-0.2, -0.15) is 0 Å². The van der Waals surface area contributed by atoms with E-state index >= 15 is 0 Å². The highest BCUT2D eigenvalue weighted by atomic mass is 16.5. The van der Waals surface area contributed by atoms with E-state index in [0.717, 1.165) is 5.56 Å². The van der Waals surface area contributed by atoms with Gasteiger partial charge in [0.15, 0.2) is 0 Å². The number of ether oxygens (including phenoxy) is 1. The summed E-state index contributed by atoms with van der Waals surface area (Å²) in [7, 11) is 0. The van der Waals surface area contributed by atoms with Gasteiger partial charge in [-0.05, 0) is 32.9 Å². The second-order valence-corrected chi connectivity index (χ2v) is 4.24. The van der Waals surface area contributed by atoms with Crippen LogP contribution in [0.2, 0.25) is 0 Å². The number of esters is 1. The number of hydrogen-bond acceptors (Lipinski definition) is 3. The first-order chi connectivity index (χ1) is 8.04. The molecular weight excluding hydrogens is 214 g/mol. The number of carbonyl (C=O) groups is 1. The molecule has 0 spiro atoms. The van der Waals surface area contributed by atoms with Crippen molar-refractivity contribution >= 4 is 5.97 Å². The minimum absolute atomic E-state index is 0.231. The highest BCUT2D eigenvalue weighted by Crippen LogP contribution is 2.22. The number of likely N-dealkylation sites (N-methyl/N-ethyl adjacent to an activating group) is 1. The zero-order chi connectivity index (χ0) is 12.9. The molecule has 0 aliphatic heterocycles. The quantitative estimate of drug-likeness (QED) is 0.796. The molecular formula is C14H21NO2. The van der Waals surface area contributed by atoms with Crippen LogP contribution in [-0.2, 0) is 15.1 Å². The Morgan fingerprint density at radius 1 is 1.29 bits per heavy atom. The number of benzene rings is 1. The van der Waals surface area contributed by atoms with Crippen molar-refractivity contribution in [2.24, 2.45) is 0 Å². The molecule has 0 fully saturated rings. The molecule has 0 aromatic heterocycles. The van der Waals surface area contributed by atoms with Gasteiger partial charge in [-0.15, -0.1) is 0 Å². The Morgan fingerprint density at radius 2 is 1.88 bits per heavy atom. The van der Waals surface area contributed by atoms with Gasteiger partial charge in [-0.3, -0.25) is 5.32 Å². The Hall–Kier alpha value is -1.35. The average Bonchev–Trinajstić information content (AvgIpc) is 2.30. The van der Waals surface area contributed by atoms with Crippen molar-refractivity contribution in [3.05, 3.63) is 35.4 Å². The molecule has 94 valence electrons. The third kappa shape index (κ3) is 3.07. The molecule has 0 radical (unpaired) electrons. The Morgan fingerprint density at radius 3 is 2.35 bits per heavy atom. The van der Waals surface area contributed by atoms with Gasteiger partial charge in [-0.25, -0.2) is 4.79 Å². The van der Waals surface area contributed by atoms with E-state index in [0.29, 0.717) is 13.2 Å². The number of hydrogen-bond donors (Lipinski definition) is 1. The molecule has 17 heavy (non-hydrogen) atoms. The van der Waals surface area contributed by atoms with Crippen molar-refractivity contribution in [1.82, 2.24) is 5.32 Å². The van der Waals surface area contributed by atoms with Crippen LogP contribution >= 0.6 is 0 Å². The van der Waals surface area contributed by atoms with Crippen LogP contribution in [0.3, 0.4) is 0 Å². The highest BCUT2D eigenvalue weighted by Gasteiger charge is 2.35. The third-order valence-electron chi connectivity index (χ3n) is 2.84. The lowest BCUT2D eigenvalue weighted by Gasteiger charge is -2.28. The molecule has 1 rings (SSSR count). The van der Waals surface area contributed by atoms with Crippen molar-refractivity contribution < 1.29 is 9.53 Å². The summed E-state index contributed by atoms with van der Waals surface area (Å²) in [6.45, 7) is 8.79. The van der Waals surface area contributed by atoms with E-state index in [-0.39, 0.29) is 5.97 Å². The first kappa shape index (κ1) is 13.7. The van der Waals surface area contributed by atoms with Crippen molar-refractivity contribution in [3.63, 3.8) is 0 Å². The average molecular weight is 235 g/mol. The summed E-state index contributed by atoms with van der Waals surface area (Å²) < 4.78 is 5.14. The summed E-state index contributed by atoms with van der Waals surface area (Å²) in [6.07, 6.45) is 0. The SMILES string of the molecule is CCNC(C)(C(=O)OCC)c1ccc(C)cc1. The van der Waals surface area contributed by atoms with Crippen LogP contribution in [0.15, 0.2) is 24.3 Å². The fraction of sp³-hybridized carbons (Fsp3) is 0.500. The van der Waals surface area contributed by atoms with Crippen LogP contribution in [0, 0.1) is 6.92 Å². The zero-order valence-electron chi connectivity index (χ0n) is 11.0. The molecule has 0 aliphatic rings. The molecule has 1 N–H and O–H groups in total. The molecule has 0 saturated heterocycles. The summed E-state index contributed by atoms with van der Waals surface area (Å²) >= 11 is 0. The Kier molecular flexibility index (Phi) is 4.70. The predicted molar refractivity (Wildman–Crippen MR) is 68.8 cm³/mol. The van der Waals surface area contributed by atoms with Gasteiger partial charge in [0.2, 0.25) is 0 Å². The molecule has 3 nitrogen and oxygen atoms in total. The van der Waals surface area contributed by atoms with Gasteiger partial charge in [0.1, 0.15) is 5.54 Å². The standard InChI is InChI=1S/C14H21NO2/c1-5-15-14(4,13(16)17-6-2)12-9-7-11(3)8-10-12/h7-10,15H,5-6H2,1-4H3. The molecule has 1 aromatic carbocycles. The Labute approximate surface area is 103 Å². The lowest BCUT2D eigenvalue weighted by Crippen LogP contribution is -2.47. The van der Waals surface area contributed by atoms with Crippen LogP contribution < -0.4 is 5.32 Å². The van der Waals surface area contributed by atoms with Crippen molar-refractivity contribution in [2.75, 3.05) is 13.2 Å². The highest BCUT2D eigenvalue weighted by molar-refractivity contribution is 5.82. The monoisotopic (exact) mass is 235 g/mol. The summed E-state index contributed by atoms with van der Waals surface area (Å²) in [5, 5.41) is 3.20. The normalized spacial score (nSPS) is 14.1. The lowest BCUT2D eigenvalue weighted by molar-refractivity contribution is -0.151. The summed E-state index contributed by atoms with van der Waals surface area (Å²) in [4.78, 5) is 12.1. The Bertz CT molecular complexity index is 372. The van der Waals surface area contributed by atoms with Crippen LogP contribution in [0.5, 0.6) is 0 Å². The van der Waals surface area contributed by atoms with E-state index in [2.05, 4.69) is 5.32 Å². The maximum atomic E-state index is 12.1. The predicted octanol–water partition coefficient (Wildman–Crippen LogP) is 2.38. The largest absolute Gasteiger partial charge is 0.464 e. The molecule has 0 aliphatic carbocycles. The maximum Gasteiger partial charge on any atom is 0.330 e. The lowest BCUT2D eigenvalue weighted by atomic mass is 9.91. The molecule has 0 heterocycles. The van der Waals surface area contributed by atoms with Gasteiger partial charge >= 0.3 is 5.97 Å². The fourth-order valence-electron chi connectivity index (χ4n) is 1.81. The molecule has 1 aromatic rings. The topological polar surface area (TPSA) is 38.3 Å². The van der Waals surface area contributed by atoms with Gasteiger partial charge in [-0.1, -0.05) is 36.8 Å². The van der Waals surface area contributed by atoms with Crippen molar-refractivity contribution in [1.29, 1.82) is 0 Å². The van der Waals surface area contributed by atoms with Crippen molar-refractivity contribution in [3.8, 4) is 0 Å². The van der Waals surface area contributed by atoms with Gasteiger partial charge < -0.3 is 4.74 Å². The second-order valence-electron chi connectivity index (χ2n) is 4.24. The van der Waals surface area contributed by atoms with Gasteiger partial charge in [0, 0.05) is 0 Å². The van der Waals surface area contributed by atoms with E-state index in [1.54, 1.807) is 0 Å². The minimum Gasteiger partial charge on any atom is -0.464 e. The van der Waals surface area contributed by atoms with E-state index < -0.39 is 5.54 Å². The third-order valence-corrected chi connectivity index (χ3v) is 2.84. The van der Waals surface area contributed by atoms with Crippen molar-refractivity contribution in [2.45, 2.75) is 33.2 Å². The van der Waals surface area contributed by atoms with E-state index in [9.17, 15) is 4.79 Å². The van der Waals surface area contributed by atoms with Crippen LogP contribution in [0.4, 0.5) is 0 Å². The molecule has 0 bridgehead atoms. The molecule has 3 heteroatoms. The molecule has 1 unspecified atom stereocenters. The van der Waals surface area contributed by atoms with Gasteiger partial charge in [0.05, 0.1) is 6.61 Å². The first-order valence-electron chi connectivity index (χ1n) is 6.04. The van der Waals surface area contributed by atoms with E-state index in [1.165, 1.54) is 5.56 Å². The van der Waals surface area contributed by atoms with Crippen LogP contribution in [0.25, 0.3) is 0 Å². The molecule has 0 amide bonds. The minimum atomic E-state index is -0.765. The smallest absolute Gasteiger partial charge is 0.330 e. The second kappa shape index (κ2) is 5.82. The molecule has 1 atom stereocenters. The zero-order valence-corrected chi connectivity index (χ0v) is 11.0. The summed E-state index contributed by atoms with van der Waals surface area (Å²) in [5.41, 5.74) is 1.35. The fourth-order valence-corrected chi connectivity index (χ4v) is 1.81. The van der Waals surface area contributed by atoms with E-state index in [1.807, 2.05) is 52.0 Å². The summed E-state index contributed by atoms with van der Waals surface area (Å²) in [6, 6.07) is 7.94. The molecule has 0 saturated carbocycles. The number of nitrogens with one attached hydrogen (secondary N) is 1. The number of aryl methyl sites for hydroxylation is 1. The van der Waals surface area contributed by atoms with E-state index in [4.69, 9.17) is 4.74 Å².